The van der Waals surface area contributed by atoms with Gasteiger partial charge in [0.25, 0.3) is 0 Å². The first kappa shape index (κ1) is 15.0. The Morgan fingerprint density at radius 3 is 2.65 bits per heavy atom. The van der Waals surface area contributed by atoms with Gasteiger partial charge in [0.05, 0.1) is 5.39 Å². The summed E-state index contributed by atoms with van der Waals surface area (Å²) in [6.07, 6.45) is 1.01. The number of nitrogens with two attached hydrogens (primary N) is 1. The van der Waals surface area contributed by atoms with E-state index in [0.29, 0.717) is 5.95 Å². The molecule has 2 rings (SSSR count). The quantitative estimate of drug-likeness (QED) is 0.821. The van der Waals surface area contributed by atoms with Gasteiger partial charge < -0.3 is 16.0 Å². The molecule has 5 nitrogen and oxygen atoms in total. The number of aryl methyl sites for hydroxylation is 1. The van der Waals surface area contributed by atoms with Crippen LogP contribution in [0.25, 0.3) is 10.2 Å². The summed E-state index contributed by atoms with van der Waals surface area (Å²) in [7, 11) is 0. The molecule has 0 aliphatic rings. The second kappa shape index (κ2) is 6.85. The Kier molecular flexibility index (Phi) is 5.14. The number of aromatic nitrogens is 2. The number of likely N-dealkylation sites (N-methyl/N-ethyl adjacent to an activating group) is 1. The summed E-state index contributed by atoms with van der Waals surface area (Å²) >= 11 is 1.69. The van der Waals surface area contributed by atoms with Crippen molar-refractivity contribution in [3.8, 4) is 0 Å². The Morgan fingerprint density at radius 1 is 1.25 bits per heavy atom. The minimum Gasteiger partial charge on any atom is -0.368 e. The van der Waals surface area contributed by atoms with E-state index in [1.54, 1.807) is 11.3 Å². The molecule has 2 aromatic rings. The fourth-order valence-corrected chi connectivity index (χ4v) is 3.14. The van der Waals surface area contributed by atoms with Crippen LogP contribution in [0.3, 0.4) is 0 Å². The second-order valence-electron chi connectivity index (χ2n) is 4.67. The molecule has 0 spiro atoms. The van der Waals surface area contributed by atoms with E-state index in [-0.39, 0.29) is 0 Å². The SMILES string of the molecule is CCc1cc2c(NCCN(CC)CC)nc(N)nc2s1. The lowest BCUT2D eigenvalue weighted by molar-refractivity contribution is 0.316. The summed E-state index contributed by atoms with van der Waals surface area (Å²) < 4.78 is 0. The van der Waals surface area contributed by atoms with Gasteiger partial charge in [-0.15, -0.1) is 11.3 Å². The maximum Gasteiger partial charge on any atom is 0.223 e. The predicted octanol–water partition coefficient (Wildman–Crippen LogP) is 2.59. The molecule has 6 heteroatoms. The highest BCUT2D eigenvalue weighted by molar-refractivity contribution is 7.18. The van der Waals surface area contributed by atoms with Gasteiger partial charge in [-0.2, -0.15) is 4.98 Å². The normalized spacial score (nSPS) is 11.4. The molecule has 0 bridgehead atoms. The van der Waals surface area contributed by atoms with Gasteiger partial charge in [-0.1, -0.05) is 20.8 Å². The molecule has 2 aromatic heterocycles. The van der Waals surface area contributed by atoms with Crippen molar-refractivity contribution in [2.45, 2.75) is 27.2 Å². The van der Waals surface area contributed by atoms with E-state index in [9.17, 15) is 0 Å². The van der Waals surface area contributed by atoms with Gasteiger partial charge in [-0.05, 0) is 25.6 Å². The van der Waals surface area contributed by atoms with E-state index in [0.717, 1.165) is 48.6 Å². The molecule has 0 aromatic carbocycles. The minimum atomic E-state index is 0.340. The molecule has 0 amide bonds. The molecular weight excluding hydrogens is 270 g/mol. The average molecular weight is 293 g/mol. The molecule has 2 heterocycles. The van der Waals surface area contributed by atoms with E-state index in [1.807, 2.05) is 0 Å². The van der Waals surface area contributed by atoms with E-state index >= 15 is 0 Å². The minimum absolute atomic E-state index is 0.340. The molecule has 0 fully saturated rings. The summed E-state index contributed by atoms with van der Waals surface area (Å²) in [5.74, 6) is 1.20. The van der Waals surface area contributed by atoms with Gasteiger partial charge in [-0.25, -0.2) is 4.98 Å². The van der Waals surface area contributed by atoms with Gasteiger partial charge in [0, 0.05) is 18.0 Å². The Morgan fingerprint density at radius 2 is 2.00 bits per heavy atom. The molecule has 0 aliphatic heterocycles. The molecule has 0 aliphatic carbocycles. The lowest BCUT2D eigenvalue weighted by Crippen LogP contribution is -2.28. The lowest BCUT2D eigenvalue weighted by Gasteiger charge is -2.18. The summed E-state index contributed by atoms with van der Waals surface area (Å²) in [5.41, 5.74) is 5.79. The smallest absolute Gasteiger partial charge is 0.223 e. The van der Waals surface area contributed by atoms with Crippen LogP contribution in [0, 0.1) is 0 Å². The summed E-state index contributed by atoms with van der Waals surface area (Å²) in [6, 6.07) is 2.17. The van der Waals surface area contributed by atoms with E-state index in [1.165, 1.54) is 4.88 Å². The van der Waals surface area contributed by atoms with Crippen LogP contribution in [-0.2, 0) is 6.42 Å². The maximum atomic E-state index is 5.79. The Balaban J connectivity index is 2.14. The van der Waals surface area contributed by atoms with Crippen molar-refractivity contribution in [2.24, 2.45) is 0 Å². The zero-order chi connectivity index (χ0) is 14.5. The Bertz CT molecular complexity index is 562. The standard InChI is InChI=1S/C14H23N5S/c1-4-10-9-11-12(16-7-8-19(5-2)6-3)17-14(15)18-13(11)20-10/h9H,4-8H2,1-3H3,(H3,15,16,17,18). The third-order valence-electron chi connectivity index (χ3n) is 3.42. The molecule has 0 radical (unpaired) electrons. The third kappa shape index (κ3) is 3.37. The van der Waals surface area contributed by atoms with E-state index < -0.39 is 0 Å². The van der Waals surface area contributed by atoms with Crippen LogP contribution in [0.15, 0.2) is 6.07 Å². The largest absolute Gasteiger partial charge is 0.368 e. The van der Waals surface area contributed by atoms with Crippen molar-refractivity contribution >= 4 is 33.3 Å². The molecule has 0 saturated carbocycles. The topological polar surface area (TPSA) is 67.1 Å². The van der Waals surface area contributed by atoms with Gasteiger partial charge >= 0.3 is 0 Å². The Labute approximate surface area is 124 Å². The number of anilines is 2. The number of thiophene rings is 1. The molecule has 0 unspecified atom stereocenters. The van der Waals surface area contributed by atoms with E-state index in [4.69, 9.17) is 5.73 Å². The number of nitrogens with one attached hydrogen (secondary N) is 1. The summed E-state index contributed by atoms with van der Waals surface area (Å²) in [4.78, 5) is 13.3. The predicted molar refractivity (Wildman–Crippen MR) is 87.5 cm³/mol. The fraction of sp³-hybridized carbons (Fsp3) is 0.571. The fourth-order valence-electron chi connectivity index (χ4n) is 2.17. The van der Waals surface area contributed by atoms with E-state index in [2.05, 4.69) is 47.0 Å². The second-order valence-corrected chi connectivity index (χ2v) is 5.78. The summed E-state index contributed by atoms with van der Waals surface area (Å²) in [6.45, 7) is 10.5. The van der Waals surface area contributed by atoms with Gasteiger partial charge in [-0.3, -0.25) is 0 Å². The van der Waals surface area contributed by atoms with Crippen molar-refractivity contribution in [3.63, 3.8) is 0 Å². The van der Waals surface area contributed by atoms with Crippen LogP contribution in [0.4, 0.5) is 11.8 Å². The first-order chi connectivity index (χ1) is 9.67. The van der Waals surface area contributed by atoms with Crippen LogP contribution in [0.1, 0.15) is 25.6 Å². The Hall–Kier alpha value is -1.40. The highest BCUT2D eigenvalue weighted by Crippen LogP contribution is 2.29. The first-order valence-electron chi connectivity index (χ1n) is 7.20. The number of rotatable bonds is 7. The van der Waals surface area contributed by atoms with Gasteiger partial charge in [0.1, 0.15) is 10.6 Å². The monoisotopic (exact) mass is 293 g/mol. The molecule has 0 saturated heterocycles. The van der Waals surface area contributed by atoms with Crippen molar-refractivity contribution in [1.82, 2.24) is 14.9 Å². The number of nitrogens with zero attached hydrogens (tertiary/aromatic N) is 3. The molecule has 110 valence electrons. The maximum absolute atomic E-state index is 5.79. The highest BCUT2D eigenvalue weighted by atomic mass is 32.1. The summed E-state index contributed by atoms with van der Waals surface area (Å²) in [5, 5.41) is 4.48. The highest BCUT2D eigenvalue weighted by Gasteiger charge is 2.10. The van der Waals surface area contributed by atoms with Crippen LogP contribution < -0.4 is 11.1 Å². The third-order valence-corrected chi connectivity index (χ3v) is 4.60. The number of fused-ring (bicyclic) bond motifs is 1. The van der Waals surface area contributed by atoms with Crippen molar-refractivity contribution in [1.29, 1.82) is 0 Å². The van der Waals surface area contributed by atoms with Crippen LogP contribution in [0.2, 0.25) is 0 Å². The number of hydrogen-bond donors (Lipinski definition) is 2. The van der Waals surface area contributed by atoms with Crippen molar-refractivity contribution in [2.75, 3.05) is 37.2 Å². The number of hydrogen-bond acceptors (Lipinski definition) is 6. The van der Waals surface area contributed by atoms with Crippen molar-refractivity contribution < 1.29 is 0 Å². The van der Waals surface area contributed by atoms with Crippen molar-refractivity contribution in [3.05, 3.63) is 10.9 Å². The molecule has 3 N–H and O–H groups in total. The molecule has 0 atom stereocenters. The molecule has 20 heavy (non-hydrogen) atoms. The van der Waals surface area contributed by atoms with Gasteiger partial charge in [0.2, 0.25) is 5.95 Å². The van der Waals surface area contributed by atoms with Crippen LogP contribution >= 0.6 is 11.3 Å². The zero-order valence-electron chi connectivity index (χ0n) is 12.4. The number of nitrogen functional groups attached to an aromatic ring is 1. The average Bonchev–Trinajstić information content (AvgIpc) is 2.86. The lowest BCUT2D eigenvalue weighted by atomic mass is 10.3. The zero-order valence-corrected chi connectivity index (χ0v) is 13.3. The van der Waals surface area contributed by atoms with Crippen LogP contribution in [0.5, 0.6) is 0 Å². The van der Waals surface area contributed by atoms with Crippen LogP contribution in [-0.4, -0.2) is 41.0 Å². The van der Waals surface area contributed by atoms with Gasteiger partial charge in [0.15, 0.2) is 0 Å². The molecular formula is C14H23N5S. The first-order valence-corrected chi connectivity index (χ1v) is 8.01.